The molecule has 18 heavy (non-hydrogen) atoms. The van der Waals surface area contributed by atoms with Gasteiger partial charge in [0.1, 0.15) is 5.41 Å². The van der Waals surface area contributed by atoms with Gasteiger partial charge in [0.2, 0.25) is 0 Å². The number of likely N-dealkylation sites (tertiary alicyclic amines) is 1. The summed E-state index contributed by atoms with van der Waals surface area (Å²) in [5.74, 6) is -2.23. The number of carbonyl (C=O) groups excluding carboxylic acids is 1. The Labute approximate surface area is 104 Å². The van der Waals surface area contributed by atoms with Crippen LogP contribution in [0.1, 0.15) is 12.5 Å². The monoisotopic (exact) mass is 255 g/mol. The lowest BCUT2D eigenvalue weighted by Gasteiger charge is -2.46. The van der Waals surface area contributed by atoms with E-state index in [-0.39, 0.29) is 12.6 Å². The van der Waals surface area contributed by atoms with Crippen molar-refractivity contribution in [3.63, 3.8) is 0 Å². The van der Waals surface area contributed by atoms with Gasteiger partial charge in [-0.05, 0) is 31.7 Å². The highest BCUT2D eigenvalue weighted by atomic mass is 19.2. The highest BCUT2D eigenvalue weighted by Gasteiger charge is 2.50. The molecule has 0 unspecified atom stereocenters. The molecule has 0 saturated carbocycles. The smallest absolute Gasteiger partial charge is 0.319 e. The van der Waals surface area contributed by atoms with Crippen molar-refractivity contribution >= 4 is 5.97 Å². The third kappa shape index (κ3) is 1.99. The summed E-state index contributed by atoms with van der Waals surface area (Å²) >= 11 is 0. The van der Waals surface area contributed by atoms with E-state index < -0.39 is 17.0 Å². The van der Waals surface area contributed by atoms with Crippen molar-refractivity contribution in [1.29, 1.82) is 0 Å². The van der Waals surface area contributed by atoms with E-state index in [0.29, 0.717) is 18.7 Å². The molecule has 0 spiro atoms. The standard InChI is InChI=1S/C13H15F2NO2/c1-3-18-12(17)13(7-16(2)8-13)9-4-5-10(14)11(15)6-9/h4-6H,3,7-8H2,1-2H3. The molecule has 1 fully saturated rings. The lowest BCUT2D eigenvalue weighted by Crippen LogP contribution is -2.62. The Kier molecular flexibility index (Phi) is 3.34. The Morgan fingerprint density at radius 1 is 1.39 bits per heavy atom. The molecule has 1 aromatic carbocycles. The van der Waals surface area contributed by atoms with Crippen LogP contribution in [-0.2, 0) is 14.9 Å². The first-order valence-electron chi connectivity index (χ1n) is 5.81. The molecule has 98 valence electrons. The second kappa shape index (κ2) is 4.65. The molecule has 2 rings (SSSR count). The van der Waals surface area contributed by atoms with Crippen molar-refractivity contribution in [2.75, 3.05) is 26.7 Å². The summed E-state index contributed by atoms with van der Waals surface area (Å²) in [4.78, 5) is 14.0. The van der Waals surface area contributed by atoms with Gasteiger partial charge < -0.3 is 9.64 Å². The summed E-state index contributed by atoms with van der Waals surface area (Å²) in [5, 5.41) is 0. The van der Waals surface area contributed by atoms with Crippen LogP contribution in [0.25, 0.3) is 0 Å². The number of carbonyl (C=O) groups is 1. The van der Waals surface area contributed by atoms with Crippen LogP contribution in [-0.4, -0.2) is 37.6 Å². The summed E-state index contributed by atoms with van der Waals surface area (Å²) in [7, 11) is 1.86. The molecule has 1 aliphatic heterocycles. The molecule has 0 aromatic heterocycles. The summed E-state index contributed by atoms with van der Waals surface area (Å²) in [6.45, 7) is 2.90. The molecule has 0 radical (unpaired) electrons. The summed E-state index contributed by atoms with van der Waals surface area (Å²) < 4.78 is 31.2. The first-order chi connectivity index (χ1) is 8.49. The van der Waals surface area contributed by atoms with Gasteiger partial charge in [0.25, 0.3) is 0 Å². The van der Waals surface area contributed by atoms with Gasteiger partial charge in [0, 0.05) is 13.1 Å². The maximum absolute atomic E-state index is 13.3. The van der Waals surface area contributed by atoms with Crippen molar-refractivity contribution in [1.82, 2.24) is 4.90 Å². The molecule has 0 amide bonds. The van der Waals surface area contributed by atoms with E-state index in [4.69, 9.17) is 4.74 Å². The van der Waals surface area contributed by atoms with Gasteiger partial charge in [0.15, 0.2) is 11.6 Å². The minimum absolute atomic E-state index is 0.272. The van der Waals surface area contributed by atoms with Gasteiger partial charge in [-0.2, -0.15) is 0 Å². The fourth-order valence-corrected chi connectivity index (χ4v) is 2.37. The molecular weight excluding hydrogens is 240 g/mol. The normalized spacial score (nSPS) is 18.2. The average molecular weight is 255 g/mol. The minimum Gasteiger partial charge on any atom is -0.465 e. The van der Waals surface area contributed by atoms with Crippen LogP contribution in [0.15, 0.2) is 18.2 Å². The van der Waals surface area contributed by atoms with Crippen molar-refractivity contribution in [3.8, 4) is 0 Å². The van der Waals surface area contributed by atoms with E-state index in [1.54, 1.807) is 6.92 Å². The van der Waals surface area contributed by atoms with Crippen molar-refractivity contribution in [3.05, 3.63) is 35.4 Å². The topological polar surface area (TPSA) is 29.5 Å². The predicted octanol–water partition coefficient (Wildman–Crippen LogP) is 1.71. The Hall–Kier alpha value is -1.49. The Morgan fingerprint density at radius 3 is 2.56 bits per heavy atom. The second-order valence-corrected chi connectivity index (χ2v) is 4.60. The maximum Gasteiger partial charge on any atom is 0.319 e. The van der Waals surface area contributed by atoms with E-state index in [2.05, 4.69) is 0 Å². The van der Waals surface area contributed by atoms with Crippen molar-refractivity contribution in [2.24, 2.45) is 0 Å². The summed E-state index contributed by atoms with van der Waals surface area (Å²) in [6, 6.07) is 3.57. The lowest BCUT2D eigenvalue weighted by atomic mass is 9.74. The number of nitrogens with zero attached hydrogens (tertiary/aromatic N) is 1. The number of halogens is 2. The maximum atomic E-state index is 13.3. The molecule has 1 aliphatic rings. The number of benzene rings is 1. The molecule has 1 aromatic rings. The number of likely N-dealkylation sites (N-methyl/N-ethyl adjacent to an activating group) is 1. The molecule has 1 heterocycles. The van der Waals surface area contributed by atoms with Crippen molar-refractivity contribution in [2.45, 2.75) is 12.3 Å². The van der Waals surface area contributed by atoms with E-state index in [0.717, 1.165) is 12.1 Å². The van der Waals surface area contributed by atoms with Crippen LogP contribution in [0.3, 0.4) is 0 Å². The van der Waals surface area contributed by atoms with Crippen LogP contribution in [0.4, 0.5) is 8.78 Å². The Morgan fingerprint density at radius 2 is 2.06 bits per heavy atom. The largest absolute Gasteiger partial charge is 0.465 e. The third-order valence-corrected chi connectivity index (χ3v) is 3.22. The first-order valence-corrected chi connectivity index (χ1v) is 5.81. The highest BCUT2D eigenvalue weighted by Crippen LogP contribution is 2.35. The molecule has 3 nitrogen and oxygen atoms in total. The third-order valence-electron chi connectivity index (χ3n) is 3.22. The first kappa shape index (κ1) is 13.0. The molecule has 0 atom stereocenters. The quantitative estimate of drug-likeness (QED) is 0.770. The SMILES string of the molecule is CCOC(=O)C1(c2ccc(F)c(F)c2)CN(C)C1. The number of ether oxygens (including phenoxy) is 1. The molecule has 0 N–H and O–H groups in total. The van der Waals surface area contributed by atoms with Gasteiger partial charge in [0.05, 0.1) is 6.61 Å². The van der Waals surface area contributed by atoms with E-state index in [9.17, 15) is 13.6 Å². The Balaban J connectivity index is 2.35. The second-order valence-electron chi connectivity index (χ2n) is 4.60. The van der Waals surface area contributed by atoms with Crippen LogP contribution in [0.2, 0.25) is 0 Å². The molecule has 5 heteroatoms. The zero-order valence-electron chi connectivity index (χ0n) is 10.4. The lowest BCUT2D eigenvalue weighted by molar-refractivity contribution is -0.157. The number of rotatable bonds is 3. The van der Waals surface area contributed by atoms with E-state index in [1.165, 1.54) is 6.07 Å². The van der Waals surface area contributed by atoms with E-state index in [1.807, 2.05) is 11.9 Å². The van der Waals surface area contributed by atoms with Crippen LogP contribution in [0.5, 0.6) is 0 Å². The number of esters is 1. The number of hydrogen-bond acceptors (Lipinski definition) is 3. The van der Waals surface area contributed by atoms with Crippen LogP contribution in [0, 0.1) is 11.6 Å². The average Bonchev–Trinajstić information content (AvgIpc) is 2.28. The molecular formula is C13H15F2NO2. The summed E-state index contributed by atoms with van der Waals surface area (Å²) in [5.41, 5.74) is -0.391. The highest BCUT2D eigenvalue weighted by molar-refractivity contribution is 5.85. The molecule has 1 saturated heterocycles. The zero-order chi connectivity index (χ0) is 13.3. The van der Waals surface area contributed by atoms with Gasteiger partial charge in [-0.3, -0.25) is 4.79 Å². The van der Waals surface area contributed by atoms with Gasteiger partial charge >= 0.3 is 5.97 Å². The van der Waals surface area contributed by atoms with Gasteiger partial charge in [-0.15, -0.1) is 0 Å². The summed E-state index contributed by atoms with van der Waals surface area (Å²) in [6.07, 6.45) is 0. The van der Waals surface area contributed by atoms with E-state index >= 15 is 0 Å². The molecule has 0 bridgehead atoms. The fourth-order valence-electron chi connectivity index (χ4n) is 2.37. The fraction of sp³-hybridized carbons (Fsp3) is 0.462. The van der Waals surface area contributed by atoms with Crippen LogP contribution >= 0.6 is 0 Å². The van der Waals surface area contributed by atoms with Gasteiger partial charge in [-0.1, -0.05) is 6.07 Å². The number of hydrogen-bond donors (Lipinski definition) is 0. The van der Waals surface area contributed by atoms with Crippen LogP contribution < -0.4 is 0 Å². The van der Waals surface area contributed by atoms with Gasteiger partial charge in [-0.25, -0.2) is 8.78 Å². The Bertz CT molecular complexity index is 470. The van der Waals surface area contributed by atoms with Crippen molar-refractivity contribution < 1.29 is 18.3 Å². The minimum atomic E-state index is -0.939. The zero-order valence-corrected chi connectivity index (χ0v) is 10.4. The predicted molar refractivity (Wildman–Crippen MR) is 62.2 cm³/mol. The molecule has 0 aliphatic carbocycles.